The summed E-state index contributed by atoms with van der Waals surface area (Å²) < 4.78 is 86.6. The van der Waals surface area contributed by atoms with Gasteiger partial charge in [-0.15, -0.1) is 0 Å². The lowest BCUT2D eigenvalue weighted by molar-refractivity contribution is -0.193. The van der Waals surface area contributed by atoms with Gasteiger partial charge < -0.3 is 45.5 Å². The van der Waals surface area contributed by atoms with E-state index in [-0.39, 0.29) is 31.1 Å². The lowest BCUT2D eigenvalue weighted by Crippen LogP contribution is -2.44. The van der Waals surface area contributed by atoms with E-state index in [0.29, 0.717) is 48.1 Å². The van der Waals surface area contributed by atoms with Gasteiger partial charge in [-0.1, -0.05) is 30.3 Å². The molecule has 0 radical (unpaired) electrons. The Kier molecular flexibility index (Phi) is 16.2. The van der Waals surface area contributed by atoms with Gasteiger partial charge in [0.2, 0.25) is 0 Å². The van der Waals surface area contributed by atoms with Crippen molar-refractivity contribution in [3.8, 4) is 17.2 Å². The Bertz CT molecular complexity index is 1660. The van der Waals surface area contributed by atoms with Crippen LogP contribution in [0.4, 0.5) is 26.3 Å². The van der Waals surface area contributed by atoms with E-state index in [2.05, 4.69) is 0 Å². The zero-order chi connectivity index (χ0) is 39.8. The summed E-state index contributed by atoms with van der Waals surface area (Å²) in [5.41, 5.74) is 13.1. The molecule has 0 unspecified atom stereocenters. The molecule has 288 valence electrons. The van der Waals surface area contributed by atoms with E-state index in [1.807, 2.05) is 35.2 Å². The molecule has 0 aromatic heterocycles. The second-order valence-corrected chi connectivity index (χ2v) is 10.7. The van der Waals surface area contributed by atoms with E-state index in [9.17, 15) is 31.1 Å². The number of benzene rings is 3. The van der Waals surface area contributed by atoms with Crippen LogP contribution in [0.5, 0.6) is 17.2 Å². The third-order valence-electron chi connectivity index (χ3n) is 6.73. The predicted molar refractivity (Wildman–Crippen MR) is 175 cm³/mol. The molecule has 0 spiro atoms. The number of nitrogens with one attached hydrogen (secondary N) is 2. The first kappa shape index (κ1) is 43.0. The monoisotopic (exact) mass is 759 g/mol. The summed E-state index contributed by atoms with van der Waals surface area (Å²) in [4.78, 5) is 32.1. The Hall–Kier alpha value is -6.21. The van der Waals surface area contributed by atoms with Crippen molar-refractivity contribution in [1.82, 2.24) is 4.90 Å². The van der Waals surface area contributed by atoms with Gasteiger partial charge in [-0.2, -0.15) is 26.3 Å². The number of piperidine rings is 1. The first-order valence-corrected chi connectivity index (χ1v) is 15.2. The number of ether oxygens (including phenoxy) is 4. The molecule has 3 aromatic rings. The minimum atomic E-state index is -5.08. The van der Waals surface area contributed by atoms with Gasteiger partial charge >= 0.3 is 30.3 Å². The molecule has 1 aliphatic heterocycles. The summed E-state index contributed by atoms with van der Waals surface area (Å²) >= 11 is 0. The number of nitrogens with zero attached hydrogens (tertiary/aromatic N) is 1. The van der Waals surface area contributed by atoms with Crippen LogP contribution in [0.3, 0.4) is 0 Å². The van der Waals surface area contributed by atoms with E-state index >= 15 is 0 Å². The second-order valence-electron chi connectivity index (χ2n) is 10.7. The molecule has 8 N–H and O–H groups in total. The Morgan fingerprint density at radius 2 is 1.28 bits per heavy atom. The molecule has 0 bridgehead atoms. The molecule has 4 rings (SSSR count). The zero-order valence-electron chi connectivity index (χ0n) is 27.6. The number of nitrogen functional groups attached to an aromatic ring is 1. The summed E-state index contributed by atoms with van der Waals surface area (Å²) in [6, 6.07) is 21.6. The first-order chi connectivity index (χ1) is 24.8. The van der Waals surface area contributed by atoms with Gasteiger partial charge in [0.05, 0.1) is 5.56 Å². The summed E-state index contributed by atoms with van der Waals surface area (Å²) in [6.45, 7) is 1.84. The molecule has 1 aliphatic rings. The number of esters is 1. The molecule has 0 amide bonds. The number of nitrogens with two attached hydrogens (primary N) is 2. The Labute approximate surface area is 297 Å². The van der Waals surface area contributed by atoms with Crippen LogP contribution < -0.4 is 25.7 Å². The highest BCUT2D eigenvalue weighted by molar-refractivity contribution is 5.95. The number of likely N-dealkylation sites (tertiary alicyclic amines) is 1. The molecule has 1 fully saturated rings. The van der Waals surface area contributed by atoms with Crippen molar-refractivity contribution < 1.29 is 69.9 Å². The Morgan fingerprint density at radius 3 is 1.77 bits per heavy atom. The van der Waals surface area contributed by atoms with E-state index in [0.717, 1.165) is 18.4 Å². The fraction of sp³-hybridized carbons (Fsp3) is 0.303. The van der Waals surface area contributed by atoms with Gasteiger partial charge in [0.15, 0.2) is 17.5 Å². The van der Waals surface area contributed by atoms with Gasteiger partial charge in [0, 0.05) is 31.5 Å². The number of halogens is 6. The van der Waals surface area contributed by atoms with Crippen LogP contribution in [-0.2, 0) is 20.9 Å². The highest BCUT2D eigenvalue weighted by atomic mass is 19.4. The number of carbonyl (C=O) groups excluding carboxylic acids is 1. The minimum Gasteiger partial charge on any atom is -0.490 e. The lowest BCUT2D eigenvalue weighted by atomic mass is 10.1. The maximum absolute atomic E-state index is 12.5. The van der Waals surface area contributed by atoms with Gasteiger partial charge in [0.1, 0.15) is 37.5 Å². The van der Waals surface area contributed by atoms with Crippen molar-refractivity contribution in [2.75, 3.05) is 26.3 Å². The third kappa shape index (κ3) is 15.7. The molecular formula is C33H35F6N5O9. The molecule has 20 heteroatoms. The molecule has 14 nitrogen and oxygen atoms in total. The number of aliphatic carboxylic acids is 2. The van der Waals surface area contributed by atoms with E-state index in [1.54, 1.807) is 42.5 Å². The molecular weight excluding hydrogens is 724 g/mol. The maximum atomic E-state index is 12.5. The van der Waals surface area contributed by atoms with Crippen LogP contribution in [0.2, 0.25) is 0 Å². The molecule has 1 saturated heterocycles. The Balaban J connectivity index is 0.000000587. The van der Waals surface area contributed by atoms with E-state index in [4.69, 9.17) is 61.0 Å². The van der Waals surface area contributed by atoms with E-state index in [1.165, 1.54) is 0 Å². The van der Waals surface area contributed by atoms with Crippen molar-refractivity contribution >= 4 is 29.7 Å². The fourth-order valence-corrected chi connectivity index (χ4v) is 4.09. The zero-order valence-corrected chi connectivity index (χ0v) is 27.6. The molecule has 1 heterocycles. The molecule has 0 aliphatic carbocycles. The summed E-state index contributed by atoms with van der Waals surface area (Å²) in [6.07, 6.45) is -8.58. The molecule has 0 saturated carbocycles. The van der Waals surface area contributed by atoms with Crippen molar-refractivity contribution in [3.63, 3.8) is 0 Å². The molecule has 0 atom stereocenters. The van der Waals surface area contributed by atoms with Gasteiger partial charge in [-0.3, -0.25) is 10.8 Å². The van der Waals surface area contributed by atoms with Crippen molar-refractivity contribution in [3.05, 3.63) is 89.5 Å². The van der Waals surface area contributed by atoms with Crippen molar-refractivity contribution in [1.29, 1.82) is 10.8 Å². The topological polar surface area (TPSA) is 232 Å². The third-order valence-corrected chi connectivity index (χ3v) is 6.73. The number of alkyl halides is 6. The summed E-state index contributed by atoms with van der Waals surface area (Å²) in [5.74, 6) is -4.41. The van der Waals surface area contributed by atoms with Crippen LogP contribution >= 0.6 is 0 Å². The normalized spacial score (nSPS) is 12.8. The average molecular weight is 760 g/mol. The SMILES string of the molecule is N=C(N)c1ccc(OCc2ccccc2)c(OCCOC(=O)c2ccc(OC3CCN(C(=N)N)CC3)cc2)c1.O=C(O)C(F)(F)F.O=C(O)C(F)(F)F. The van der Waals surface area contributed by atoms with E-state index < -0.39 is 30.3 Å². The maximum Gasteiger partial charge on any atom is 0.490 e. The van der Waals surface area contributed by atoms with Crippen LogP contribution in [0.15, 0.2) is 72.8 Å². The number of hydrogen-bond donors (Lipinski definition) is 6. The number of carboxylic acid groups (broad SMARTS) is 2. The summed E-state index contributed by atoms with van der Waals surface area (Å²) in [7, 11) is 0. The van der Waals surface area contributed by atoms with Crippen molar-refractivity contribution in [2.45, 2.75) is 37.9 Å². The second kappa shape index (κ2) is 20.0. The number of hydrogen-bond acceptors (Lipinski definition) is 9. The van der Waals surface area contributed by atoms with Crippen LogP contribution in [0.25, 0.3) is 0 Å². The number of rotatable bonds is 11. The quantitative estimate of drug-likeness (QED) is 0.0510. The van der Waals surface area contributed by atoms with Gasteiger partial charge in [-0.05, 0) is 48.0 Å². The fourth-order valence-electron chi connectivity index (χ4n) is 4.09. The summed E-state index contributed by atoms with van der Waals surface area (Å²) in [5, 5.41) is 29.5. The highest BCUT2D eigenvalue weighted by Gasteiger charge is 2.39. The number of carbonyl (C=O) groups is 3. The standard InChI is InChI=1S/C29H33N5O5.2C2HF3O2/c30-27(31)22-8-11-25(38-19-20-4-2-1-3-5-20)26(18-22)36-16-17-37-28(35)21-6-9-23(10-7-21)39-24-12-14-34(15-13-24)29(32)33;2*3-2(4,5)1(6)7/h1-11,18,24H,12-17,19H2,(H3,30,31)(H3,32,33);2*(H,6,7). The number of carboxylic acids is 2. The van der Waals surface area contributed by atoms with Gasteiger partial charge in [-0.25, -0.2) is 14.4 Å². The van der Waals surface area contributed by atoms with Gasteiger partial charge in [0.25, 0.3) is 0 Å². The lowest BCUT2D eigenvalue weighted by Gasteiger charge is -2.32. The predicted octanol–water partition coefficient (Wildman–Crippen LogP) is 4.79. The Morgan fingerprint density at radius 1 is 0.755 bits per heavy atom. The van der Waals surface area contributed by atoms with Crippen LogP contribution in [0, 0.1) is 10.8 Å². The molecule has 3 aromatic carbocycles. The highest BCUT2D eigenvalue weighted by Crippen LogP contribution is 2.29. The number of amidine groups is 1. The van der Waals surface area contributed by atoms with Crippen LogP contribution in [0.1, 0.15) is 34.3 Å². The largest absolute Gasteiger partial charge is 0.490 e. The number of guanidine groups is 1. The smallest absolute Gasteiger partial charge is 0.490 e. The first-order valence-electron chi connectivity index (χ1n) is 15.2. The average Bonchev–Trinajstić information content (AvgIpc) is 3.10. The molecule has 53 heavy (non-hydrogen) atoms. The minimum absolute atomic E-state index is 0.0221. The van der Waals surface area contributed by atoms with Crippen LogP contribution in [-0.4, -0.2) is 89.6 Å². The van der Waals surface area contributed by atoms with Crippen molar-refractivity contribution in [2.24, 2.45) is 11.5 Å².